The van der Waals surface area contributed by atoms with E-state index in [1.165, 1.54) is 27.2 Å². The fourth-order valence-corrected chi connectivity index (χ4v) is 2.37. The summed E-state index contributed by atoms with van der Waals surface area (Å²) < 4.78 is 15.1. The van der Waals surface area contributed by atoms with Crippen LogP contribution in [-0.2, 0) is 9.53 Å². The van der Waals surface area contributed by atoms with Crippen LogP contribution in [0.15, 0.2) is 36.4 Å². The second-order valence-corrected chi connectivity index (χ2v) is 5.71. The lowest BCUT2D eigenvalue weighted by Crippen LogP contribution is -2.30. The number of rotatable bonds is 7. The van der Waals surface area contributed by atoms with Crippen molar-refractivity contribution in [3.8, 4) is 17.6 Å². The lowest BCUT2D eigenvalue weighted by Gasteiger charge is -2.15. The van der Waals surface area contributed by atoms with Crippen LogP contribution in [-0.4, -0.2) is 37.1 Å². The van der Waals surface area contributed by atoms with Crippen LogP contribution in [0.25, 0.3) is 0 Å². The van der Waals surface area contributed by atoms with Crippen LogP contribution in [0, 0.1) is 21.4 Å². The highest BCUT2D eigenvalue weighted by molar-refractivity contribution is 5.99. The minimum atomic E-state index is -1.26. The predicted molar refractivity (Wildman–Crippen MR) is 101 cm³/mol. The summed E-state index contributed by atoms with van der Waals surface area (Å²) in [4.78, 5) is 35.3. The molecule has 0 spiro atoms. The molecule has 0 fully saturated rings. The Morgan fingerprint density at radius 3 is 2.41 bits per heavy atom. The Morgan fingerprint density at radius 1 is 1.17 bits per heavy atom. The first-order valence-electron chi connectivity index (χ1n) is 8.23. The first-order chi connectivity index (χ1) is 13.8. The van der Waals surface area contributed by atoms with Gasteiger partial charge in [0.1, 0.15) is 5.56 Å². The van der Waals surface area contributed by atoms with E-state index >= 15 is 0 Å². The zero-order chi connectivity index (χ0) is 21.6. The van der Waals surface area contributed by atoms with E-state index in [-0.39, 0.29) is 11.5 Å². The van der Waals surface area contributed by atoms with Crippen LogP contribution < -0.4 is 14.8 Å². The highest BCUT2D eigenvalue weighted by Gasteiger charge is 2.28. The molecule has 1 atom stereocenters. The molecule has 0 saturated carbocycles. The third-order valence-corrected chi connectivity index (χ3v) is 3.83. The molecule has 1 amide bonds. The standard InChI is InChI=1S/C19H17N3O7/c1-11(18(23)21-13-6-4-5-12(7-13)10-20)29-19(24)14-8-16(27-2)17(28-3)9-15(14)22(25)26/h4-9,11H,1-3H3,(H,21,23)/t11-/m1/s1. The van der Waals surface area contributed by atoms with Crippen LogP contribution in [0.1, 0.15) is 22.8 Å². The molecule has 2 aromatic rings. The molecule has 0 heterocycles. The lowest BCUT2D eigenvalue weighted by atomic mass is 10.1. The number of nitriles is 1. The number of benzene rings is 2. The van der Waals surface area contributed by atoms with Gasteiger partial charge in [-0.05, 0) is 25.1 Å². The average molecular weight is 399 g/mol. The average Bonchev–Trinajstić information content (AvgIpc) is 2.72. The molecule has 0 aromatic heterocycles. The summed E-state index contributed by atoms with van der Waals surface area (Å²) in [6.07, 6.45) is -1.26. The molecular weight excluding hydrogens is 382 g/mol. The summed E-state index contributed by atoms with van der Waals surface area (Å²) in [5, 5.41) is 22.7. The molecule has 29 heavy (non-hydrogen) atoms. The molecule has 0 aliphatic heterocycles. The number of methoxy groups -OCH3 is 2. The van der Waals surface area contributed by atoms with Gasteiger partial charge in [-0.25, -0.2) is 4.79 Å². The number of esters is 1. The monoisotopic (exact) mass is 399 g/mol. The zero-order valence-corrected chi connectivity index (χ0v) is 15.8. The van der Waals surface area contributed by atoms with Crippen molar-refractivity contribution in [2.45, 2.75) is 13.0 Å². The molecular formula is C19H17N3O7. The maximum absolute atomic E-state index is 12.5. The molecule has 0 bridgehead atoms. The molecule has 0 unspecified atom stereocenters. The minimum absolute atomic E-state index is 0.0684. The van der Waals surface area contributed by atoms with Gasteiger partial charge in [0.2, 0.25) is 0 Å². The number of hydrogen-bond acceptors (Lipinski definition) is 8. The normalized spacial score (nSPS) is 11.0. The van der Waals surface area contributed by atoms with E-state index in [1.54, 1.807) is 18.2 Å². The number of carbonyl (C=O) groups is 2. The van der Waals surface area contributed by atoms with Crippen LogP contribution in [0.4, 0.5) is 11.4 Å². The van der Waals surface area contributed by atoms with Crippen molar-refractivity contribution in [2.75, 3.05) is 19.5 Å². The Labute approximate surface area is 165 Å². The fourth-order valence-electron chi connectivity index (χ4n) is 2.37. The van der Waals surface area contributed by atoms with Crippen LogP contribution >= 0.6 is 0 Å². The van der Waals surface area contributed by atoms with Gasteiger partial charge in [-0.3, -0.25) is 14.9 Å². The van der Waals surface area contributed by atoms with Crippen molar-refractivity contribution in [3.05, 3.63) is 57.6 Å². The Balaban J connectivity index is 2.21. The Morgan fingerprint density at radius 2 is 1.83 bits per heavy atom. The number of anilines is 1. The van der Waals surface area contributed by atoms with Gasteiger partial charge < -0.3 is 19.5 Å². The highest BCUT2D eigenvalue weighted by Crippen LogP contribution is 2.35. The first-order valence-corrected chi connectivity index (χ1v) is 8.23. The largest absolute Gasteiger partial charge is 0.493 e. The van der Waals surface area contributed by atoms with Crippen molar-refractivity contribution in [2.24, 2.45) is 0 Å². The van der Waals surface area contributed by atoms with E-state index in [2.05, 4.69) is 5.32 Å². The molecule has 2 rings (SSSR count). The first kappa shape index (κ1) is 21.2. The van der Waals surface area contributed by atoms with Gasteiger partial charge >= 0.3 is 5.97 Å². The van der Waals surface area contributed by atoms with Gasteiger partial charge in [-0.15, -0.1) is 0 Å². The van der Waals surface area contributed by atoms with Gasteiger partial charge in [0.15, 0.2) is 17.6 Å². The number of carbonyl (C=O) groups excluding carboxylic acids is 2. The maximum atomic E-state index is 12.5. The summed E-state index contributed by atoms with van der Waals surface area (Å²) >= 11 is 0. The smallest absolute Gasteiger partial charge is 0.346 e. The van der Waals surface area contributed by atoms with Crippen LogP contribution in [0.2, 0.25) is 0 Å². The second kappa shape index (κ2) is 9.18. The number of hydrogen-bond donors (Lipinski definition) is 1. The van der Waals surface area contributed by atoms with Crippen molar-refractivity contribution in [1.82, 2.24) is 0 Å². The number of nitro benzene ring substituents is 1. The van der Waals surface area contributed by atoms with Gasteiger partial charge in [0.25, 0.3) is 11.6 Å². The summed E-state index contributed by atoms with van der Waals surface area (Å²) in [6, 6.07) is 10.2. The number of nitro groups is 1. The fraction of sp³-hybridized carbons (Fsp3) is 0.211. The molecule has 0 aliphatic carbocycles. The minimum Gasteiger partial charge on any atom is -0.493 e. The van der Waals surface area contributed by atoms with Gasteiger partial charge in [-0.2, -0.15) is 5.26 Å². The maximum Gasteiger partial charge on any atom is 0.346 e. The third kappa shape index (κ3) is 4.98. The van der Waals surface area contributed by atoms with Crippen molar-refractivity contribution < 1.29 is 28.7 Å². The Bertz CT molecular complexity index is 998. The van der Waals surface area contributed by atoms with E-state index in [1.807, 2.05) is 6.07 Å². The molecule has 10 nitrogen and oxygen atoms in total. The number of nitrogens with zero attached hydrogens (tertiary/aromatic N) is 2. The van der Waals surface area contributed by atoms with Gasteiger partial charge in [0, 0.05) is 11.8 Å². The summed E-state index contributed by atoms with van der Waals surface area (Å²) in [7, 11) is 2.61. The topological polar surface area (TPSA) is 141 Å². The molecule has 150 valence electrons. The predicted octanol–water partition coefficient (Wildman–Crippen LogP) is 2.67. The van der Waals surface area contributed by atoms with Crippen molar-refractivity contribution >= 4 is 23.3 Å². The number of nitrogens with one attached hydrogen (secondary N) is 1. The van der Waals surface area contributed by atoms with E-state index in [0.717, 1.165) is 12.1 Å². The van der Waals surface area contributed by atoms with E-state index < -0.39 is 34.2 Å². The van der Waals surface area contributed by atoms with Crippen LogP contribution in [0.3, 0.4) is 0 Å². The SMILES string of the molecule is COc1cc(C(=O)O[C@H](C)C(=O)Nc2cccc(C#N)c2)c([N+](=O)[O-])cc1OC. The zero-order valence-electron chi connectivity index (χ0n) is 15.8. The molecule has 1 N–H and O–H groups in total. The van der Waals surface area contributed by atoms with E-state index in [4.69, 9.17) is 19.5 Å². The lowest BCUT2D eigenvalue weighted by molar-refractivity contribution is -0.385. The second-order valence-electron chi connectivity index (χ2n) is 5.71. The van der Waals surface area contributed by atoms with Crippen molar-refractivity contribution in [3.63, 3.8) is 0 Å². The summed E-state index contributed by atoms with van der Waals surface area (Å²) in [6.45, 7) is 1.31. The highest BCUT2D eigenvalue weighted by atomic mass is 16.6. The molecule has 0 saturated heterocycles. The third-order valence-electron chi connectivity index (χ3n) is 3.83. The van der Waals surface area contributed by atoms with Crippen molar-refractivity contribution in [1.29, 1.82) is 5.26 Å². The Hall–Kier alpha value is -4.13. The molecule has 2 aromatic carbocycles. The summed E-state index contributed by atoms with van der Waals surface area (Å²) in [5.41, 5.74) is -0.261. The Kier molecular flexibility index (Phi) is 6.71. The van der Waals surface area contributed by atoms with Gasteiger partial charge in [0.05, 0.1) is 36.8 Å². The van der Waals surface area contributed by atoms with E-state index in [0.29, 0.717) is 11.3 Å². The van der Waals surface area contributed by atoms with Crippen LogP contribution in [0.5, 0.6) is 11.5 Å². The molecule has 0 radical (unpaired) electrons. The summed E-state index contributed by atoms with van der Waals surface area (Å²) in [5.74, 6) is -1.59. The van der Waals surface area contributed by atoms with Gasteiger partial charge in [-0.1, -0.05) is 6.07 Å². The number of amides is 1. The number of ether oxygens (including phenoxy) is 3. The molecule has 10 heteroatoms. The molecule has 0 aliphatic rings. The van der Waals surface area contributed by atoms with E-state index in [9.17, 15) is 19.7 Å². The quantitative estimate of drug-likeness (QED) is 0.425.